The number of pyridine rings is 1. The summed E-state index contributed by atoms with van der Waals surface area (Å²) in [4.78, 5) is 17.3. The molecule has 0 atom stereocenters. The molecule has 1 N–H and O–H groups in total. The number of nitrogens with zero attached hydrogens (tertiary/aromatic N) is 1. The lowest BCUT2D eigenvalue weighted by molar-refractivity contribution is 0.0694. The van der Waals surface area contributed by atoms with Crippen molar-refractivity contribution in [3.8, 4) is 5.75 Å². The number of amides is 1. The van der Waals surface area contributed by atoms with Crippen LogP contribution in [0.4, 0.5) is 4.39 Å². The Morgan fingerprint density at radius 2 is 2.03 bits per heavy atom. The monoisotopic (exact) mass is 398 g/mol. The molecular formula is C23H27FN2O3. The van der Waals surface area contributed by atoms with E-state index in [2.05, 4.69) is 10.3 Å². The van der Waals surface area contributed by atoms with Crippen molar-refractivity contribution in [1.29, 1.82) is 0 Å². The number of benzene rings is 1. The summed E-state index contributed by atoms with van der Waals surface area (Å²) in [5.41, 5.74) is 3.69. The molecule has 0 radical (unpaired) electrons. The van der Waals surface area contributed by atoms with E-state index in [0.717, 1.165) is 53.8 Å². The Morgan fingerprint density at radius 1 is 1.21 bits per heavy atom. The van der Waals surface area contributed by atoms with Crippen LogP contribution in [0.1, 0.15) is 59.1 Å². The predicted molar refractivity (Wildman–Crippen MR) is 108 cm³/mol. The molecule has 154 valence electrons. The normalized spacial score (nSPS) is 16.3. The largest absolute Gasteiger partial charge is 0.491 e. The number of ether oxygens (including phenoxy) is 2. The Kier molecular flexibility index (Phi) is 6.09. The highest BCUT2D eigenvalue weighted by molar-refractivity contribution is 5.93. The number of aromatic nitrogens is 1. The van der Waals surface area contributed by atoms with Crippen molar-refractivity contribution in [2.24, 2.45) is 0 Å². The zero-order chi connectivity index (χ0) is 20.2. The van der Waals surface area contributed by atoms with Gasteiger partial charge in [-0.25, -0.2) is 9.37 Å². The van der Waals surface area contributed by atoms with Gasteiger partial charge in [-0.1, -0.05) is 25.5 Å². The van der Waals surface area contributed by atoms with E-state index in [0.29, 0.717) is 38.4 Å². The Labute approximate surface area is 170 Å². The summed E-state index contributed by atoms with van der Waals surface area (Å²) < 4.78 is 25.5. The third kappa shape index (κ3) is 4.58. The summed E-state index contributed by atoms with van der Waals surface area (Å²) in [6, 6.07) is 7.31. The average Bonchev–Trinajstić information content (AvgIpc) is 3.20. The fourth-order valence-corrected chi connectivity index (χ4v) is 3.98. The summed E-state index contributed by atoms with van der Waals surface area (Å²) >= 11 is 0. The molecule has 0 saturated carbocycles. The second-order valence-corrected chi connectivity index (χ2v) is 7.75. The molecule has 5 nitrogen and oxygen atoms in total. The van der Waals surface area contributed by atoms with Crippen LogP contribution in [0, 0.1) is 5.82 Å². The summed E-state index contributed by atoms with van der Waals surface area (Å²) in [5.74, 6) is 0.399. The van der Waals surface area contributed by atoms with Gasteiger partial charge in [0.05, 0.1) is 12.3 Å². The predicted octanol–water partition coefficient (Wildman–Crippen LogP) is 3.61. The molecule has 1 aromatic carbocycles. The molecule has 2 aromatic rings. The Hall–Kier alpha value is -2.47. The first kappa shape index (κ1) is 19.8. The molecular weight excluding hydrogens is 371 g/mol. The molecule has 0 bridgehead atoms. The SMILES string of the molecule is CCCc1ccc(Cc2cc(C(=O)NC3CCOCC3)nc3c2OCC3)cc1F. The van der Waals surface area contributed by atoms with Gasteiger partial charge in [0.2, 0.25) is 0 Å². The van der Waals surface area contributed by atoms with Crippen molar-refractivity contribution < 1.29 is 18.7 Å². The topological polar surface area (TPSA) is 60.5 Å². The van der Waals surface area contributed by atoms with Gasteiger partial charge < -0.3 is 14.8 Å². The second-order valence-electron chi connectivity index (χ2n) is 7.75. The van der Waals surface area contributed by atoms with Gasteiger partial charge in [-0.05, 0) is 42.5 Å². The van der Waals surface area contributed by atoms with Gasteiger partial charge >= 0.3 is 0 Å². The molecule has 0 aliphatic carbocycles. The Balaban J connectivity index is 1.56. The molecule has 6 heteroatoms. The fraction of sp³-hybridized carbons (Fsp3) is 0.478. The van der Waals surface area contributed by atoms with E-state index in [1.54, 1.807) is 12.1 Å². The summed E-state index contributed by atoms with van der Waals surface area (Å²) in [7, 11) is 0. The molecule has 2 aliphatic rings. The number of hydrogen-bond donors (Lipinski definition) is 1. The van der Waals surface area contributed by atoms with Crippen LogP contribution in [0.2, 0.25) is 0 Å². The zero-order valence-corrected chi connectivity index (χ0v) is 16.8. The minimum absolute atomic E-state index is 0.117. The van der Waals surface area contributed by atoms with Crippen molar-refractivity contribution in [2.75, 3.05) is 19.8 Å². The van der Waals surface area contributed by atoms with Crippen LogP contribution in [-0.2, 0) is 24.0 Å². The lowest BCUT2D eigenvalue weighted by Gasteiger charge is -2.23. The van der Waals surface area contributed by atoms with Crippen LogP contribution in [0.5, 0.6) is 5.75 Å². The second kappa shape index (κ2) is 8.91. The van der Waals surface area contributed by atoms with Gasteiger partial charge in [0, 0.05) is 37.7 Å². The molecule has 29 heavy (non-hydrogen) atoms. The zero-order valence-electron chi connectivity index (χ0n) is 16.8. The smallest absolute Gasteiger partial charge is 0.270 e. The van der Waals surface area contributed by atoms with Gasteiger partial charge in [0.25, 0.3) is 5.91 Å². The Bertz CT molecular complexity index is 894. The number of aryl methyl sites for hydroxylation is 1. The standard InChI is InChI=1S/C23H27FN2O3/c1-2-3-16-5-4-15(13-19(16)24)12-17-14-21(26-20-8-11-29-22(17)20)23(27)25-18-6-9-28-10-7-18/h4-5,13-14,18H,2-3,6-12H2,1H3,(H,25,27). The first-order valence-electron chi connectivity index (χ1n) is 10.5. The number of nitrogens with one attached hydrogen (secondary N) is 1. The van der Waals surface area contributed by atoms with Crippen LogP contribution in [0.15, 0.2) is 24.3 Å². The number of carbonyl (C=O) groups excluding carboxylic acids is 1. The van der Waals surface area contributed by atoms with Gasteiger partial charge in [-0.2, -0.15) is 0 Å². The quantitative estimate of drug-likeness (QED) is 0.808. The van der Waals surface area contributed by atoms with E-state index in [1.165, 1.54) is 0 Å². The molecule has 1 amide bonds. The van der Waals surface area contributed by atoms with Gasteiger partial charge in [-0.15, -0.1) is 0 Å². The van der Waals surface area contributed by atoms with Crippen molar-refractivity contribution >= 4 is 5.91 Å². The lowest BCUT2D eigenvalue weighted by Crippen LogP contribution is -2.39. The average molecular weight is 398 g/mol. The summed E-state index contributed by atoms with van der Waals surface area (Å²) in [5, 5.41) is 3.07. The maximum atomic E-state index is 14.4. The molecule has 4 rings (SSSR count). The van der Waals surface area contributed by atoms with Crippen molar-refractivity contribution in [3.05, 3.63) is 58.2 Å². The molecule has 1 saturated heterocycles. The van der Waals surface area contributed by atoms with E-state index in [4.69, 9.17) is 9.47 Å². The minimum Gasteiger partial charge on any atom is -0.491 e. The van der Waals surface area contributed by atoms with Crippen molar-refractivity contribution in [3.63, 3.8) is 0 Å². The first-order valence-corrected chi connectivity index (χ1v) is 10.5. The van der Waals surface area contributed by atoms with E-state index in [-0.39, 0.29) is 17.8 Å². The van der Waals surface area contributed by atoms with E-state index in [9.17, 15) is 9.18 Å². The van der Waals surface area contributed by atoms with E-state index in [1.807, 2.05) is 19.1 Å². The number of rotatable bonds is 6. The summed E-state index contributed by atoms with van der Waals surface area (Å²) in [6.45, 7) is 3.94. The lowest BCUT2D eigenvalue weighted by atomic mass is 10.00. The summed E-state index contributed by atoms with van der Waals surface area (Å²) in [6.07, 6.45) is 4.46. The number of halogens is 1. The molecule has 0 spiro atoms. The maximum Gasteiger partial charge on any atom is 0.270 e. The van der Waals surface area contributed by atoms with Crippen LogP contribution < -0.4 is 10.1 Å². The third-order valence-electron chi connectivity index (χ3n) is 5.53. The molecule has 3 heterocycles. The molecule has 1 aromatic heterocycles. The highest BCUT2D eigenvalue weighted by Gasteiger charge is 2.24. The highest BCUT2D eigenvalue weighted by Crippen LogP contribution is 2.31. The van der Waals surface area contributed by atoms with Gasteiger partial charge in [0.15, 0.2) is 0 Å². The van der Waals surface area contributed by atoms with Crippen LogP contribution in [0.25, 0.3) is 0 Å². The minimum atomic E-state index is -0.173. The molecule has 2 aliphatic heterocycles. The van der Waals surface area contributed by atoms with Crippen LogP contribution in [0.3, 0.4) is 0 Å². The van der Waals surface area contributed by atoms with Crippen molar-refractivity contribution in [1.82, 2.24) is 10.3 Å². The van der Waals surface area contributed by atoms with Crippen LogP contribution >= 0.6 is 0 Å². The fourth-order valence-electron chi connectivity index (χ4n) is 3.98. The van der Waals surface area contributed by atoms with E-state index >= 15 is 0 Å². The van der Waals surface area contributed by atoms with Gasteiger partial charge in [0.1, 0.15) is 17.3 Å². The van der Waals surface area contributed by atoms with Gasteiger partial charge in [-0.3, -0.25) is 4.79 Å². The van der Waals surface area contributed by atoms with Crippen LogP contribution in [-0.4, -0.2) is 36.8 Å². The Morgan fingerprint density at radius 3 is 2.79 bits per heavy atom. The highest BCUT2D eigenvalue weighted by atomic mass is 19.1. The third-order valence-corrected chi connectivity index (χ3v) is 5.53. The number of hydrogen-bond acceptors (Lipinski definition) is 4. The number of fused-ring (bicyclic) bond motifs is 1. The number of carbonyl (C=O) groups is 1. The molecule has 0 unspecified atom stereocenters. The van der Waals surface area contributed by atoms with Crippen molar-refractivity contribution in [2.45, 2.75) is 51.5 Å². The maximum absolute atomic E-state index is 14.4. The van der Waals surface area contributed by atoms with E-state index < -0.39 is 0 Å². The first-order chi connectivity index (χ1) is 14.1. The molecule has 1 fully saturated rings.